The highest BCUT2D eigenvalue weighted by Crippen LogP contribution is 2.31. The van der Waals surface area contributed by atoms with Crippen molar-refractivity contribution in [2.75, 3.05) is 12.0 Å². The normalized spacial score (nSPS) is 13.6. The fourth-order valence-electron chi connectivity index (χ4n) is 2.27. The molecule has 0 saturated heterocycles. The maximum atomic E-state index is 12.4. The lowest BCUT2D eigenvalue weighted by Crippen LogP contribution is -2.22. The Balaban J connectivity index is 1.96. The van der Waals surface area contributed by atoms with E-state index in [9.17, 15) is 4.79 Å². The molecule has 0 N–H and O–H groups in total. The number of hydrogen-bond donors (Lipinski definition) is 0. The highest BCUT2D eigenvalue weighted by atomic mass is 127. The first-order chi connectivity index (χ1) is 9.20. The lowest BCUT2D eigenvalue weighted by Gasteiger charge is -2.16. The van der Waals surface area contributed by atoms with Gasteiger partial charge in [0.25, 0.3) is 5.91 Å². The minimum Gasteiger partial charge on any atom is -0.497 e. The maximum absolute atomic E-state index is 12.4. The third-order valence-corrected chi connectivity index (χ3v) is 4.31. The van der Waals surface area contributed by atoms with Crippen LogP contribution in [0.4, 0.5) is 5.69 Å². The Labute approximate surface area is 125 Å². The molecule has 19 heavy (non-hydrogen) atoms. The van der Waals surface area contributed by atoms with Crippen LogP contribution in [0.15, 0.2) is 42.5 Å². The van der Waals surface area contributed by atoms with Gasteiger partial charge in [-0.15, -0.1) is 0 Å². The van der Waals surface area contributed by atoms with E-state index in [1.165, 1.54) is 0 Å². The minimum atomic E-state index is 0.0682. The molecule has 0 bridgehead atoms. The molecule has 0 radical (unpaired) electrons. The Kier molecular flexibility index (Phi) is 3.18. The number of amides is 1. The van der Waals surface area contributed by atoms with Gasteiger partial charge < -0.3 is 9.64 Å². The van der Waals surface area contributed by atoms with Gasteiger partial charge in [0.05, 0.1) is 13.7 Å². The first-order valence-electron chi connectivity index (χ1n) is 5.94. The zero-order valence-corrected chi connectivity index (χ0v) is 12.5. The monoisotopic (exact) mass is 365 g/mol. The molecule has 1 heterocycles. The van der Waals surface area contributed by atoms with Crippen LogP contribution < -0.4 is 9.64 Å². The van der Waals surface area contributed by atoms with Crippen molar-refractivity contribution >= 4 is 34.2 Å². The summed E-state index contributed by atoms with van der Waals surface area (Å²) < 4.78 is 6.27. The Bertz CT molecular complexity index is 637. The molecule has 3 rings (SSSR count). The van der Waals surface area contributed by atoms with Crippen LogP contribution >= 0.6 is 22.6 Å². The summed E-state index contributed by atoms with van der Waals surface area (Å²) in [6.45, 7) is 0.639. The molecule has 1 aliphatic heterocycles. The average molecular weight is 365 g/mol. The predicted octanol–water partition coefficient (Wildman–Crippen LogP) is 3.46. The number of halogens is 1. The van der Waals surface area contributed by atoms with Crippen LogP contribution in [0.25, 0.3) is 0 Å². The summed E-state index contributed by atoms with van der Waals surface area (Å²) in [5, 5.41) is 0. The zero-order valence-electron chi connectivity index (χ0n) is 10.4. The lowest BCUT2D eigenvalue weighted by atomic mass is 10.1. The number of hydrogen-bond acceptors (Lipinski definition) is 2. The summed E-state index contributed by atoms with van der Waals surface area (Å²) in [5.41, 5.74) is 2.82. The van der Waals surface area contributed by atoms with Gasteiger partial charge in [-0.1, -0.05) is 6.07 Å². The largest absolute Gasteiger partial charge is 0.497 e. The molecule has 0 aliphatic carbocycles. The van der Waals surface area contributed by atoms with Crippen molar-refractivity contribution < 1.29 is 9.53 Å². The van der Waals surface area contributed by atoms with Gasteiger partial charge >= 0.3 is 0 Å². The first-order valence-corrected chi connectivity index (χ1v) is 7.02. The van der Waals surface area contributed by atoms with Crippen LogP contribution in [0.5, 0.6) is 5.75 Å². The molecular weight excluding hydrogens is 353 g/mol. The van der Waals surface area contributed by atoms with E-state index in [0.717, 1.165) is 26.1 Å². The van der Waals surface area contributed by atoms with E-state index in [1.54, 1.807) is 12.0 Å². The van der Waals surface area contributed by atoms with Gasteiger partial charge in [-0.3, -0.25) is 4.79 Å². The highest BCUT2D eigenvalue weighted by molar-refractivity contribution is 14.1. The SMILES string of the molecule is COc1ccc(N2Cc3c(I)cccc3C2=O)cc1. The molecule has 1 amide bonds. The number of nitrogens with zero attached hydrogens (tertiary/aromatic N) is 1. The van der Waals surface area contributed by atoms with E-state index in [0.29, 0.717) is 6.54 Å². The third-order valence-electron chi connectivity index (χ3n) is 3.29. The lowest BCUT2D eigenvalue weighted by molar-refractivity contribution is 0.0996. The first kappa shape index (κ1) is 12.5. The predicted molar refractivity (Wildman–Crippen MR) is 82.7 cm³/mol. The van der Waals surface area contributed by atoms with Gasteiger partial charge in [0.1, 0.15) is 5.75 Å². The molecule has 0 unspecified atom stereocenters. The number of anilines is 1. The Morgan fingerprint density at radius 1 is 1.16 bits per heavy atom. The van der Waals surface area contributed by atoms with E-state index in [2.05, 4.69) is 22.6 Å². The van der Waals surface area contributed by atoms with Crippen LogP contribution in [0.3, 0.4) is 0 Å². The Hall–Kier alpha value is -1.56. The molecule has 2 aromatic carbocycles. The molecule has 4 heteroatoms. The molecule has 3 nitrogen and oxygen atoms in total. The summed E-state index contributed by atoms with van der Waals surface area (Å²) >= 11 is 2.28. The topological polar surface area (TPSA) is 29.5 Å². The van der Waals surface area contributed by atoms with Gasteiger partial charge in [0.15, 0.2) is 0 Å². The molecule has 96 valence electrons. The van der Waals surface area contributed by atoms with Crippen molar-refractivity contribution in [3.63, 3.8) is 0 Å². The van der Waals surface area contributed by atoms with Crippen LogP contribution in [-0.2, 0) is 6.54 Å². The molecule has 2 aromatic rings. The fraction of sp³-hybridized carbons (Fsp3) is 0.133. The van der Waals surface area contributed by atoms with Gasteiger partial charge in [-0.25, -0.2) is 0 Å². The number of rotatable bonds is 2. The summed E-state index contributed by atoms with van der Waals surface area (Å²) in [6.07, 6.45) is 0. The third kappa shape index (κ3) is 2.10. The van der Waals surface area contributed by atoms with Gasteiger partial charge in [-0.2, -0.15) is 0 Å². The van der Waals surface area contributed by atoms with Crippen molar-refractivity contribution in [1.29, 1.82) is 0 Å². The second kappa shape index (κ2) is 4.85. The van der Waals surface area contributed by atoms with E-state index in [1.807, 2.05) is 42.5 Å². The maximum Gasteiger partial charge on any atom is 0.258 e. The number of ether oxygens (including phenoxy) is 1. The van der Waals surface area contributed by atoms with Crippen molar-refractivity contribution in [3.8, 4) is 5.75 Å². The fourth-order valence-corrected chi connectivity index (χ4v) is 2.93. The van der Waals surface area contributed by atoms with Crippen molar-refractivity contribution in [2.45, 2.75) is 6.54 Å². The van der Waals surface area contributed by atoms with Gasteiger partial charge in [-0.05, 0) is 64.6 Å². The minimum absolute atomic E-state index is 0.0682. The van der Waals surface area contributed by atoms with Crippen LogP contribution in [0.1, 0.15) is 15.9 Å². The molecule has 0 spiro atoms. The average Bonchev–Trinajstić information content (AvgIpc) is 2.78. The van der Waals surface area contributed by atoms with E-state index in [-0.39, 0.29) is 5.91 Å². The molecule has 1 aliphatic rings. The van der Waals surface area contributed by atoms with Crippen LogP contribution in [0, 0.1) is 3.57 Å². The molecule has 0 atom stereocenters. The van der Waals surface area contributed by atoms with Crippen LogP contribution in [0.2, 0.25) is 0 Å². The second-order valence-electron chi connectivity index (χ2n) is 4.36. The van der Waals surface area contributed by atoms with E-state index < -0.39 is 0 Å². The summed E-state index contributed by atoms with van der Waals surface area (Å²) in [4.78, 5) is 14.2. The summed E-state index contributed by atoms with van der Waals surface area (Å²) in [7, 11) is 1.63. The van der Waals surface area contributed by atoms with E-state index in [4.69, 9.17) is 4.74 Å². The Morgan fingerprint density at radius 2 is 1.89 bits per heavy atom. The zero-order chi connectivity index (χ0) is 13.4. The summed E-state index contributed by atoms with van der Waals surface area (Å²) in [6, 6.07) is 13.4. The van der Waals surface area contributed by atoms with Crippen molar-refractivity contribution in [2.24, 2.45) is 0 Å². The summed E-state index contributed by atoms with van der Waals surface area (Å²) in [5.74, 6) is 0.862. The number of fused-ring (bicyclic) bond motifs is 1. The molecule has 0 aromatic heterocycles. The quantitative estimate of drug-likeness (QED) is 0.763. The smallest absolute Gasteiger partial charge is 0.258 e. The van der Waals surface area contributed by atoms with E-state index >= 15 is 0 Å². The second-order valence-corrected chi connectivity index (χ2v) is 5.52. The number of carbonyl (C=O) groups excluding carboxylic acids is 1. The van der Waals surface area contributed by atoms with Gasteiger partial charge in [0.2, 0.25) is 0 Å². The Morgan fingerprint density at radius 3 is 2.53 bits per heavy atom. The van der Waals surface area contributed by atoms with Gasteiger partial charge in [0, 0.05) is 14.8 Å². The number of benzene rings is 2. The molecule has 0 fully saturated rings. The number of carbonyl (C=O) groups is 1. The van der Waals surface area contributed by atoms with Crippen LogP contribution in [-0.4, -0.2) is 13.0 Å². The molecule has 0 saturated carbocycles. The molecular formula is C15H12INO2. The van der Waals surface area contributed by atoms with Crippen molar-refractivity contribution in [3.05, 3.63) is 57.2 Å². The highest BCUT2D eigenvalue weighted by Gasteiger charge is 2.29. The number of methoxy groups -OCH3 is 1. The standard InChI is InChI=1S/C15H12INO2/c1-19-11-7-5-10(6-8-11)17-9-13-12(15(17)18)3-2-4-14(13)16/h2-8H,9H2,1H3. The van der Waals surface area contributed by atoms with Crippen molar-refractivity contribution in [1.82, 2.24) is 0 Å².